The molecule has 0 aliphatic carbocycles. The summed E-state index contributed by atoms with van der Waals surface area (Å²) in [5.74, 6) is 0. The molecule has 0 fully saturated rings. The second kappa shape index (κ2) is 12.9. The first-order valence-corrected chi connectivity index (χ1v) is 6.10. The zero-order valence-electron chi connectivity index (χ0n) is 11.0. The highest BCUT2D eigenvalue weighted by molar-refractivity contribution is 4.59. The molecule has 0 spiro atoms. The summed E-state index contributed by atoms with van der Waals surface area (Å²) in [4.78, 5) is 0. The lowest BCUT2D eigenvalue weighted by Gasteiger charge is -2.12. The van der Waals surface area contributed by atoms with Gasteiger partial charge in [-0.1, -0.05) is 0 Å². The first-order valence-electron chi connectivity index (χ1n) is 6.10. The molecule has 1 atom stereocenters. The SMILES string of the molecule is COCCOCCCCNC(C)CCOC. The van der Waals surface area contributed by atoms with Gasteiger partial charge in [0.25, 0.3) is 0 Å². The number of unbranched alkanes of at least 4 members (excludes halogenated alkanes) is 1. The summed E-state index contributed by atoms with van der Waals surface area (Å²) < 4.78 is 15.3. The van der Waals surface area contributed by atoms with Crippen LogP contribution in [0.1, 0.15) is 26.2 Å². The van der Waals surface area contributed by atoms with Crippen LogP contribution in [0.4, 0.5) is 0 Å². The van der Waals surface area contributed by atoms with Crippen molar-refractivity contribution < 1.29 is 14.2 Å². The Morgan fingerprint density at radius 2 is 1.69 bits per heavy atom. The van der Waals surface area contributed by atoms with Crippen molar-refractivity contribution in [3.05, 3.63) is 0 Å². The van der Waals surface area contributed by atoms with Crippen molar-refractivity contribution in [3.8, 4) is 0 Å². The van der Waals surface area contributed by atoms with Crippen LogP contribution in [0.2, 0.25) is 0 Å². The Morgan fingerprint density at radius 3 is 2.38 bits per heavy atom. The maximum atomic E-state index is 5.37. The smallest absolute Gasteiger partial charge is 0.0700 e. The van der Waals surface area contributed by atoms with Gasteiger partial charge >= 0.3 is 0 Å². The summed E-state index contributed by atoms with van der Waals surface area (Å²) in [6, 6.07) is 0.536. The van der Waals surface area contributed by atoms with Gasteiger partial charge in [0.1, 0.15) is 0 Å². The van der Waals surface area contributed by atoms with Crippen molar-refractivity contribution in [2.75, 3.05) is 47.2 Å². The van der Waals surface area contributed by atoms with Crippen molar-refractivity contribution in [2.45, 2.75) is 32.2 Å². The van der Waals surface area contributed by atoms with Gasteiger partial charge in [0.05, 0.1) is 13.2 Å². The highest BCUT2D eigenvalue weighted by Crippen LogP contribution is 1.93. The van der Waals surface area contributed by atoms with Crippen molar-refractivity contribution in [2.24, 2.45) is 0 Å². The molecule has 0 saturated heterocycles. The monoisotopic (exact) mass is 233 g/mol. The Hall–Kier alpha value is -0.160. The summed E-state index contributed by atoms with van der Waals surface area (Å²) in [5.41, 5.74) is 0. The molecule has 0 radical (unpaired) electrons. The van der Waals surface area contributed by atoms with Crippen LogP contribution in [0.3, 0.4) is 0 Å². The molecule has 0 rings (SSSR count). The minimum absolute atomic E-state index is 0.536. The molecule has 1 unspecified atom stereocenters. The molecule has 0 aliphatic rings. The molecule has 4 heteroatoms. The van der Waals surface area contributed by atoms with Crippen LogP contribution in [-0.4, -0.2) is 53.2 Å². The van der Waals surface area contributed by atoms with Gasteiger partial charge in [0.2, 0.25) is 0 Å². The Labute approximate surface area is 99.6 Å². The summed E-state index contributed by atoms with van der Waals surface area (Å²) in [6.45, 7) is 6.29. The number of ether oxygens (including phenoxy) is 3. The minimum Gasteiger partial charge on any atom is -0.385 e. The van der Waals surface area contributed by atoms with Gasteiger partial charge in [-0.25, -0.2) is 0 Å². The minimum atomic E-state index is 0.536. The summed E-state index contributed by atoms with van der Waals surface area (Å²) >= 11 is 0. The average Bonchev–Trinajstić information content (AvgIpc) is 2.30. The number of methoxy groups -OCH3 is 2. The molecular weight excluding hydrogens is 206 g/mol. The van der Waals surface area contributed by atoms with E-state index in [1.165, 1.54) is 0 Å². The lowest BCUT2D eigenvalue weighted by molar-refractivity contribution is 0.0687. The molecule has 98 valence electrons. The molecule has 0 aromatic heterocycles. The summed E-state index contributed by atoms with van der Waals surface area (Å²) in [6.07, 6.45) is 3.33. The number of hydrogen-bond donors (Lipinski definition) is 1. The van der Waals surface area contributed by atoms with Gasteiger partial charge in [-0.3, -0.25) is 0 Å². The third kappa shape index (κ3) is 11.9. The van der Waals surface area contributed by atoms with Crippen molar-refractivity contribution in [3.63, 3.8) is 0 Å². The van der Waals surface area contributed by atoms with E-state index in [4.69, 9.17) is 14.2 Å². The van der Waals surface area contributed by atoms with Crippen LogP contribution in [0.15, 0.2) is 0 Å². The number of hydrogen-bond acceptors (Lipinski definition) is 4. The van der Waals surface area contributed by atoms with Crippen LogP contribution in [-0.2, 0) is 14.2 Å². The molecule has 4 nitrogen and oxygen atoms in total. The Bertz CT molecular complexity index is 133. The maximum absolute atomic E-state index is 5.37. The zero-order chi connectivity index (χ0) is 12.1. The van der Waals surface area contributed by atoms with E-state index in [0.717, 1.165) is 39.0 Å². The first-order chi connectivity index (χ1) is 7.81. The van der Waals surface area contributed by atoms with Gasteiger partial charge in [-0.05, 0) is 32.7 Å². The average molecular weight is 233 g/mol. The van der Waals surface area contributed by atoms with E-state index in [1.54, 1.807) is 14.2 Å². The Kier molecular flexibility index (Phi) is 12.8. The summed E-state index contributed by atoms with van der Waals surface area (Å²) in [7, 11) is 3.43. The quantitative estimate of drug-likeness (QED) is 0.518. The molecule has 16 heavy (non-hydrogen) atoms. The van der Waals surface area contributed by atoms with Crippen LogP contribution < -0.4 is 5.32 Å². The second-order valence-electron chi connectivity index (χ2n) is 3.95. The van der Waals surface area contributed by atoms with E-state index >= 15 is 0 Å². The lowest BCUT2D eigenvalue weighted by Crippen LogP contribution is -2.28. The molecule has 0 heterocycles. The number of rotatable bonds is 12. The van der Waals surface area contributed by atoms with E-state index in [0.29, 0.717) is 19.3 Å². The lowest BCUT2D eigenvalue weighted by atomic mass is 10.2. The van der Waals surface area contributed by atoms with Gasteiger partial charge in [-0.2, -0.15) is 0 Å². The van der Waals surface area contributed by atoms with E-state index in [-0.39, 0.29) is 0 Å². The van der Waals surface area contributed by atoms with Crippen LogP contribution in [0, 0.1) is 0 Å². The predicted molar refractivity (Wildman–Crippen MR) is 65.9 cm³/mol. The fourth-order valence-corrected chi connectivity index (χ4v) is 1.32. The maximum Gasteiger partial charge on any atom is 0.0700 e. The predicted octanol–water partition coefficient (Wildman–Crippen LogP) is 1.44. The molecule has 0 aromatic rings. The van der Waals surface area contributed by atoms with Crippen molar-refractivity contribution in [1.29, 1.82) is 0 Å². The molecule has 0 aliphatic heterocycles. The molecule has 0 aromatic carbocycles. The van der Waals surface area contributed by atoms with Gasteiger partial charge in [-0.15, -0.1) is 0 Å². The fraction of sp³-hybridized carbons (Fsp3) is 1.00. The highest BCUT2D eigenvalue weighted by Gasteiger charge is 1.99. The van der Waals surface area contributed by atoms with Crippen molar-refractivity contribution >= 4 is 0 Å². The number of nitrogens with one attached hydrogen (secondary N) is 1. The molecule has 0 amide bonds. The third-order valence-electron chi connectivity index (χ3n) is 2.40. The standard InChI is InChI=1S/C12H27NO3/c1-12(6-9-14-2)13-7-4-5-8-16-11-10-15-3/h12-13H,4-11H2,1-3H3. The van der Waals surface area contributed by atoms with Gasteiger partial charge < -0.3 is 19.5 Å². The summed E-state index contributed by atoms with van der Waals surface area (Å²) in [5, 5.41) is 3.46. The van der Waals surface area contributed by atoms with Crippen molar-refractivity contribution in [1.82, 2.24) is 5.32 Å². The van der Waals surface area contributed by atoms with E-state index in [9.17, 15) is 0 Å². The Balaban J connectivity index is 3.02. The molecule has 0 saturated carbocycles. The topological polar surface area (TPSA) is 39.7 Å². The largest absolute Gasteiger partial charge is 0.385 e. The van der Waals surface area contributed by atoms with Gasteiger partial charge in [0.15, 0.2) is 0 Å². The van der Waals surface area contributed by atoms with Gasteiger partial charge in [0, 0.05) is 33.5 Å². The van der Waals surface area contributed by atoms with E-state index in [1.807, 2.05) is 0 Å². The zero-order valence-corrected chi connectivity index (χ0v) is 11.0. The molecular formula is C12H27NO3. The normalized spacial score (nSPS) is 12.9. The fourth-order valence-electron chi connectivity index (χ4n) is 1.32. The molecule has 0 bridgehead atoms. The third-order valence-corrected chi connectivity index (χ3v) is 2.40. The van der Waals surface area contributed by atoms with E-state index in [2.05, 4.69) is 12.2 Å². The van der Waals surface area contributed by atoms with Crippen LogP contribution >= 0.6 is 0 Å². The first kappa shape index (κ1) is 15.8. The van der Waals surface area contributed by atoms with Crippen LogP contribution in [0.5, 0.6) is 0 Å². The molecule has 1 N–H and O–H groups in total. The van der Waals surface area contributed by atoms with E-state index < -0.39 is 0 Å². The Morgan fingerprint density at radius 1 is 0.938 bits per heavy atom. The van der Waals surface area contributed by atoms with Crippen LogP contribution in [0.25, 0.3) is 0 Å². The highest BCUT2D eigenvalue weighted by atomic mass is 16.5. The second-order valence-corrected chi connectivity index (χ2v) is 3.95.